The van der Waals surface area contributed by atoms with Crippen LogP contribution in [0.15, 0.2) is 4.47 Å². The highest BCUT2D eigenvalue weighted by atomic mass is 79.9. The van der Waals surface area contributed by atoms with Crippen molar-refractivity contribution in [3.8, 4) is 0 Å². The van der Waals surface area contributed by atoms with Gasteiger partial charge in [-0.3, -0.25) is 4.68 Å². The second-order valence-electron chi connectivity index (χ2n) is 6.04. The van der Waals surface area contributed by atoms with E-state index in [0.29, 0.717) is 10.8 Å². The Kier molecular flexibility index (Phi) is 7.09. The van der Waals surface area contributed by atoms with Crippen LogP contribution in [0.4, 0.5) is 0 Å². The average Bonchev–Trinajstić information content (AvgIpc) is 2.63. The van der Waals surface area contributed by atoms with Crippen molar-refractivity contribution >= 4 is 27.7 Å². The van der Waals surface area contributed by atoms with Gasteiger partial charge in [-0.15, -0.1) is 0 Å². The summed E-state index contributed by atoms with van der Waals surface area (Å²) in [7, 11) is 0. The summed E-state index contributed by atoms with van der Waals surface area (Å²) in [5.74, 6) is 1.12. The Morgan fingerprint density at radius 2 is 2.00 bits per heavy atom. The second kappa shape index (κ2) is 7.85. The lowest BCUT2D eigenvalue weighted by Gasteiger charge is -2.24. The molecule has 20 heavy (non-hydrogen) atoms. The molecule has 116 valence electrons. The lowest BCUT2D eigenvalue weighted by molar-refractivity contribution is 0.531. The molecule has 3 nitrogen and oxygen atoms in total. The molecule has 1 rings (SSSR count). The van der Waals surface area contributed by atoms with Crippen LogP contribution in [0.1, 0.15) is 46.0 Å². The number of hydrogen-bond donors (Lipinski definition) is 1. The Hall–Kier alpha value is 0. The van der Waals surface area contributed by atoms with Crippen molar-refractivity contribution in [3.05, 3.63) is 15.9 Å². The minimum Gasteiger partial charge on any atom is -0.313 e. The minimum absolute atomic E-state index is 0.311. The molecule has 1 heterocycles. The molecule has 0 spiro atoms. The van der Waals surface area contributed by atoms with E-state index in [1.54, 1.807) is 0 Å². The highest BCUT2D eigenvalue weighted by molar-refractivity contribution is 9.10. The molecule has 1 unspecified atom stereocenters. The van der Waals surface area contributed by atoms with Crippen LogP contribution < -0.4 is 5.32 Å². The van der Waals surface area contributed by atoms with Crippen LogP contribution in [0.3, 0.4) is 0 Å². The van der Waals surface area contributed by atoms with Crippen molar-refractivity contribution in [2.24, 2.45) is 0 Å². The van der Waals surface area contributed by atoms with Gasteiger partial charge in [-0.05, 0) is 36.3 Å². The Balaban J connectivity index is 2.79. The van der Waals surface area contributed by atoms with Crippen LogP contribution in [0.5, 0.6) is 0 Å². The van der Waals surface area contributed by atoms with Crippen LogP contribution in [-0.2, 0) is 13.0 Å². The molecule has 5 heteroatoms. The Morgan fingerprint density at radius 3 is 2.50 bits per heavy atom. The van der Waals surface area contributed by atoms with Crippen LogP contribution in [-0.4, -0.2) is 32.9 Å². The molecule has 1 atom stereocenters. The van der Waals surface area contributed by atoms with Gasteiger partial charge in [0.2, 0.25) is 0 Å². The summed E-state index contributed by atoms with van der Waals surface area (Å²) in [6.45, 7) is 15.1. The highest BCUT2D eigenvalue weighted by Crippen LogP contribution is 2.27. The zero-order valence-electron chi connectivity index (χ0n) is 13.6. The molecule has 0 saturated carbocycles. The fourth-order valence-corrected chi connectivity index (χ4v) is 3.51. The van der Waals surface area contributed by atoms with Crippen molar-refractivity contribution in [1.82, 2.24) is 15.1 Å². The summed E-state index contributed by atoms with van der Waals surface area (Å²) in [5, 5.41) is 8.19. The molecule has 0 aliphatic carbocycles. The monoisotopic (exact) mass is 361 g/mol. The van der Waals surface area contributed by atoms with E-state index in [9.17, 15) is 0 Å². The van der Waals surface area contributed by atoms with E-state index in [1.165, 1.54) is 10.2 Å². The number of nitrogens with one attached hydrogen (secondary N) is 1. The van der Waals surface area contributed by atoms with E-state index in [-0.39, 0.29) is 0 Å². The largest absolute Gasteiger partial charge is 0.313 e. The standard InChI is InChI=1S/C15H28BrN3S/c1-7-17-12(10-20-15(4,5)6)9-13-14(16)11(3)18-19(13)8-2/h12,17H,7-10H2,1-6H3. The van der Waals surface area contributed by atoms with Gasteiger partial charge in [0.25, 0.3) is 0 Å². The Morgan fingerprint density at radius 1 is 1.35 bits per heavy atom. The first-order valence-corrected chi connectivity index (χ1v) is 9.15. The Bertz CT molecular complexity index is 423. The SMILES string of the molecule is CCNC(CSC(C)(C)C)Cc1c(Br)c(C)nn1CC. The average molecular weight is 362 g/mol. The first-order chi connectivity index (χ1) is 9.28. The first kappa shape index (κ1) is 18.1. The smallest absolute Gasteiger partial charge is 0.0738 e. The molecule has 1 aromatic heterocycles. The summed E-state index contributed by atoms with van der Waals surface area (Å²) in [4.78, 5) is 0. The molecule has 0 aliphatic rings. The first-order valence-electron chi connectivity index (χ1n) is 7.37. The number of thioether (sulfide) groups is 1. The summed E-state index contributed by atoms with van der Waals surface area (Å²) in [5.41, 5.74) is 2.39. The lowest BCUT2D eigenvalue weighted by Crippen LogP contribution is -2.35. The topological polar surface area (TPSA) is 29.9 Å². The number of rotatable bonds is 7. The van der Waals surface area contributed by atoms with E-state index < -0.39 is 0 Å². The van der Waals surface area contributed by atoms with Crippen molar-refractivity contribution in [2.45, 2.75) is 65.3 Å². The summed E-state index contributed by atoms with van der Waals surface area (Å²) >= 11 is 5.71. The van der Waals surface area contributed by atoms with E-state index in [4.69, 9.17) is 0 Å². The lowest BCUT2D eigenvalue weighted by atomic mass is 10.1. The number of aryl methyl sites for hydroxylation is 2. The number of likely N-dealkylation sites (N-methyl/N-ethyl adjacent to an activating group) is 1. The van der Waals surface area contributed by atoms with Gasteiger partial charge in [0.05, 0.1) is 15.9 Å². The van der Waals surface area contributed by atoms with Gasteiger partial charge >= 0.3 is 0 Å². The third-order valence-electron chi connectivity index (χ3n) is 3.10. The minimum atomic E-state index is 0.311. The van der Waals surface area contributed by atoms with Crippen molar-refractivity contribution in [3.63, 3.8) is 0 Å². The highest BCUT2D eigenvalue weighted by Gasteiger charge is 2.19. The van der Waals surface area contributed by atoms with E-state index in [0.717, 1.165) is 31.0 Å². The summed E-state index contributed by atoms with van der Waals surface area (Å²) < 4.78 is 3.60. The molecule has 0 aliphatic heterocycles. The predicted octanol–water partition coefficient (Wildman–Crippen LogP) is 4.03. The maximum Gasteiger partial charge on any atom is 0.0738 e. The van der Waals surface area contributed by atoms with Crippen LogP contribution in [0.2, 0.25) is 0 Å². The van der Waals surface area contributed by atoms with E-state index >= 15 is 0 Å². The normalized spacial score (nSPS) is 13.8. The van der Waals surface area contributed by atoms with Gasteiger partial charge < -0.3 is 5.32 Å². The van der Waals surface area contributed by atoms with Crippen molar-refractivity contribution in [2.75, 3.05) is 12.3 Å². The quantitative estimate of drug-likeness (QED) is 0.794. The Labute approximate surface area is 136 Å². The molecule has 0 bridgehead atoms. The third-order valence-corrected chi connectivity index (χ3v) is 5.57. The number of hydrogen-bond acceptors (Lipinski definition) is 3. The number of aromatic nitrogens is 2. The fourth-order valence-electron chi connectivity index (χ4n) is 2.13. The van der Waals surface area contributed by atoms with Crippen molar-refractivity contribution in [1.29, 1.82) is 0 Å². The number of halogens is 1. The van der Waals surface area contributed by atoms with Gasteiger partial charge in [0.1, 0.15) is 0 Å². The van der Waals surface area contributed by atoms with Gasteiger partial charge in [-0.2, -0.15) is 16.9 Å². The van der Waals surface area contributed by atoms with Gasteiger partial charge in [-0.1, -0.05) is 27.7 Å². The second-order valence-corrected chi connectivity index (χ2v) is 8.68. The zero-order valence-corrected chi connectivity index (χ0v) is 16.0. The maximum atomic E-state index is 4.59. The van der Waals surface area contributed by atoms with Gasteiger partial charge in [0, 0.05) is 29.5 Å². The van der Waals surface area contributed by atoms with Crippen LogP contribution in [0, 0.1) is 6.92 Å². The molecular weight excluding hydrogens is 334 g/mol. The molecule has 0 aromatic carbocycles. The molecule has 1 aromatic rings. The molecule has 0 radical (unpaired) electrons. The van der Waals surface area contributed by atoms with Gasteiger partial charge in [-0.25, -0.2) is 0 Å². The molecule has 0 saturated heterocycles. The molecule has 1 N–H and O–H groups in total. The predicted molar refractivity (Wildman–Crippen MR) is 93.7 cm³/mol. The fraction of sp³-hybridized carbons (Fsp3) is 0.800. The van der Waals surface area contributed by atoms with E-state index in [1.807, 2.05) is 11.8 Å². The number of nitrogens with zero attached hydrogens (tertiary/aromatic N) is 2. The van der Waals surface area contributed by atoms with Crippen LogP contribution in [0.25, 0.3) is 0 Å². The van der Waals surface area contributed by atoms with Crippen LogP contribution >= 0.6 is 27.7 Å². The molecular formula is C15H28BrN3S. The summed E-state index contributed by atoms with van der Waals surface area (Å²) in [6, 6.07) is 0.488. The molecule has 0 fully saturated rings. The van der Waals surface area contributed by atoms with E-state index in [2.05, 4.69) is 72.6 Å². The zero-order chi connectivity index (χ0) is 15.3. The maximum absolute atomic E-state index is 4.59. The third kappa shape index (κ3) is 5.41. The van der Waals surface area contributed by atoms with Crippen molar-refractivity contribution < 1.29 is 0 Å². The van der Waals surface area contributed by atoms with Gasteiger partial charge in [0.15, 0.2) is 0 Å². The molecule has 0 amide bonds. The summed E-state index contributed by atoms with van der Waals surface area (Å²) in [6.07, 6.45) is 1.02.